The van der Waals surface area contributed by atoms with Gasteiger partial charge in [0.1, 0.15) is 0 Å². The molecule has 0 spiro atoms. The number of nitrogens with zero attached hydrogens (tertiary/aromatic N) is 4. The molecule has 2 N–H and O–H groups in total. The van der Waals surface area contributed by atoms with Gasteiger partial charge < -0.3 is 5.73 Å². The molecular formula is C18H21N5. The summed E-state index contributed by atoms with van der Waals surface area (Å²) < 4.78 is 2.13. The topological polar surface area (TPSA) is 69.6 Å². The fourth-order valence-electron chi connectivity index (χ4n) is 3.15. The number of benzene rings is 1. The number of hydrogen-bond donors (Lipinski definition) is 1. The average molecular weight is 307 g/mol. The number of nitrogens with two attached hydrogens (primary N) is 1. The number of unbranched alkanes of at least 4 members (excludes halogenated alkanes) is 1. The van der Waals surface area contributed by atoms with Crippen LogP contribution in [-0.4, -0.2) is 26.3 Å². The Morgan fingerprint density at radius 2 is 1.91 bits per heavy atom. The first kappa shape index (κ1) is 14.3. The highest BCUT2D eigenvalue weighted by atomic mass is 15.3. The molecule has 2 aromatic heterocycles. The molecule has 1 fully saturated rings. The molecule has 23 heavy (non-hydrogen) atoms. The van der Waals surface area contributed by atoms with Crippen LogP contribution in [0.2, 0.25) is 0 Å². The Morgan fingerprint density at radius 3 is 2.70 bits per heavy atom. The van der Waals surface area contributed by atoms with Crippen LogP contribution in [0.25, 0.3) is 22.3 Å². The molecule has 0 bridgehead atoms. The van der Waals surface area contributed by atoms with Crippen LogP contribution in [0.4, 0.5) is 0 Å². The van der Waals surface area contributed by atoms with Crippen LogP contribution in [0.3, 0.4) is 0 Å². The molecule has 0 unspecified atom stereocenters. The Hall–Kier alpha value is -2.27. The number of aromatic nitrogens is 4. The summed E-state index contributed by atoms with van der Waals surface area (Å²) in [5.74, 6) is 0. The fourth-order valence-corrected chi connectivity index (χ4v) is 3.15. The smallest absolute Gasteiger partial charge is 0.0924 e. The largest absolute Gasteiger partial charge is 0.330 e. The van der Waals surface area contributed by atoms with Crippen molar-refractivity contribution >= 4 is 11.0 Å². The molecule has 0 radical (unpaired) electrons. The van der Waals surface area contributed by atoms with Gasteiger partial charge in [-0.2, -0.15) is 5.10 Å². The van der Waals surface area contributed by atoms with Gasteiger partial charge in [-0.05, 0) is 50.8 Å². The predicted molar refractivity (Wildman–Crippen MR) is 90.9 cm³/mol. The van der Waals surface area contributed by atoms with Crippen molar-refractivity contribution in [2.75, 3.05) is 6.54 Å². The summed E-state index contributed by atoms with van der Waals surface area (Å²) in [5.41, 5.74) is 9.58. The second-order valence-corrected chi connectivity index (χ2v) is 6.39. The summed E-state index contributed by atoms with van der Waals surface area (Å²) in [6, 6.07) is 7.94. The van der Waals surface area contributed by atoms with Crippen molar-refractivity contribution in [3.8, 4) is 11.3 Å². The van der Waals surface area contributed by atoms with Crippen molar-refractivity contribution in [3.63, 3.8) is 0 Å². The van der Waals surface area contributed by atoms with Crippen LogP contribution in [0, 0.1) is 0 Å². The second-order valence-electron chi connectivity index (χ2n) is 6.39. The van der Waals surface area contributed by atoms with Gasteiger partial charge in [0.15, 0.2) is 0 Å². The molecular weight excluding hydrogens is 286 g/mol. The molecule has 118 valence electrons. The van der Waals surface area contributed by atoms with Gasteiger partial charge in [-0.25, -0.2) is 4.98 Å². The second kappa shape index (κ2) is 5.74. The van der Waals surface area contributed by atoms with E-state index < -0.39 is 0 Å². The maximum Gasteiger partial charge on any atom is 0.0924 e. The zero-order chi connectivity index (χ0) is 15.7. The van der Waals surface area contributed by atoms with Crippen molar-refractivity contribution in [2.24, 2.45) is 5.73 Å². The van der Waals surface area contributed by atoms with E-state index in [2.05, 4.69) is 21.0 Å². The third-order valence-electron chi connectivity index (χ3n) is 4.74. The first-order valence-electron chi connectivity index (χ1n) is 8.28. The van der Waals surface area contributed by atoms with Crippen molar-refractivity contribution in [1.29, 1.82) is 0 Å². The third-order valence-corrected chi connectivity index (χ3v) is 4.74. The zero-order valence-electron chi connectivity index (χ0n) is 13.2. The molecule has 3 aromatic rings. The van der Waals surface area contributed by atoms with Gasteiger partial charge in [-0.3, -0.25) is 9.67 Å². The molecule has 0 atom stereocenters. The Bertz CT molecular complexity index is 819. The monoisotopic (exact) mass is 307 g/mol. The Labute approximate surface area is 135 Å². The predicted octanol–water partition coefficient (Wildman–Crippen LogP) is 3.11. The van der Waals surface area contributed by atoms with E-state index >= 15 is 0 Å². The van der Waals surface area contributed by atoms with Gasteiger partial charge in [-0.15, -0.1) is 0 Å². The van der Waals surface area contributed by atoms with Gasteiger partial charge in [-0.1, -0.05) is 12.1 Å². The van der Waals surface area contributed by atoms with Crippen LogP contribution in [-0.2, 0) is 5.54 Å². The lowest BCUT2D eigenvalue weighted by Gasteiger charge is -2.15. The molecule has 5 nitrogen and oxygen atoms in total. The molecule has 5 heteroatoms. The van der Waals surface area contributed by atoms with Crippen LogP contribution in [0.1, 0.15) is 32.1 Å². The van der Waals surface area contributed by atoms with Gasteiger partial charge in [0.2, 0.25) is 0 Å². The minimum atomic E-state index is 0.220. The Balaban J connectivity index is 1.59. The van der Waals surface area contributed by atoms with Gasteiger partial charge in [0, 0.05) is 11.8 Å². The van der Waals surface area contributed by atoms with E-state index in [1.807, 2.05) is 36.7 Å². The maximum absolute atomic E-state index is 5.60. The molecule has 1 aliphatic carbocycles. The summed E-state index contributed by atoms with van der Waals surface area (Å²) in [5, 5.41) is 4.60. The molecule has 0 saturated heterocycles. The van der Waals surface area contributed by atoms with E-state index in [4.69, 9.17) is 10.7 Å². The van der Waals surface area contributed by atoms with E-state index in [1.165, 1.54) is 19.3 Å². The van der Waals surface area contributed by atoms with Gasteiger partial charge in [0.05, 0.1) is 34.7 Å². The standard InChI is InChI=1S/C18H21N5/c19-10-4-3-7-18(8-9-18)23-13-14(11-21-23)17-12-20-15-5-1-2-6-16(15)22-17/h1-2,5-6,11-13H,3-4,7-10,19H2. The molecule has 0 amide bonds. The van der Waals surface area contributed by atoms with Crippen LogP contribution >= 0.6 is 0 Å². The fraction of sp³-hybridized carbons (Fsp3) is 0.389. The molecule has 4 rings (SSSR count). The van der Waals surface area contributed by atoms with E-state index in [9.17, 15) is 0 Å². The number of fused-ring (bicyclic) bond motifs is 1. The highest BCUT2D eigenvalue weighted by Crippen LogP contribution is 2.47. The number of hydrogen-bond acceptors (Lipinski definition) is 4. The SMILES string of the molecule is NCCCCC1(n2cc(-c3cnc4ccccc4n3)cn2)CC1. The van der Waals surface area contributed by atoms with E-state index in [-0.39, 0.29) is 5.54 Å². The zero-order valence-corrected chi connectivity index (χ0v) is 13.2. The summed E-state index contributed by atoms with van der Waals surface area (Å²) in [6.07, 6.45) is 11.7. The van der Waals surface area contributed by atoms with Crippen LogP contribution in [0.5, 0.6) is 0 Å². The van der Waals surface area contributed by atoms with Crippen molar-refractivity contribution in [3.05, 3.63) is 42.9 Å². The number of para-hydroxylation sites is 2. The minimum absolute atomic E-state index is 0.220. The van der Waals surface area contributed by atoms with E-state index in [0.717, 1.165) is 41.7 Å². The Kier molecular flexibility index (Phi) is 3.58. The summed E-state index contributed by atoms with van der Waals surface area (Å²) >= 11 is 0. The van der Waals surface area contributed by atoms with Crippen LogP contribution in [0.15, 0.2) is 42.9 Å². The third kappa shape index (κ3) is 2.72. The van der Waals surface area contributed by atoms with E-state index in [1.54, 1.807) is 0 Å². The normalized spacial score (nSPS) is 15.9. The average Bonchev–Trinajstić information content (AvgIpc) is 3.21. The maximum atomic E-state index is 5.60. The van der Waals surface area contributed by atoms with E-state index in [0.29, 0.717) is 0 Å². The van der Waals surface area contributed by atoms with Gasteiger partial charge in [0.25, 0.3) is 0 Å². The minimum Gasteiger partial charge on any atom is -0.330 e. The first-order chi connectivity index (χ1) is 11.3. The highest BCUT2D eigenvalue weighted by molar-refractivity contribution is 5.76. The van der Waals surface area contributed by atoms with Crippen molar-refractivity contribution in [1.82, 2.24) is 19.7 Å². The summed E-state index contributed by atoms with van der Waals surface area (Å²) in [4.78, 5) is 9.20. The number of rotatable bonds is 6. The first-order valence-corrected chi connectivity index (χ1v) is 8.28. The van der Waals surface area contributed by atoms with Gasteiger partial charge >= 0.3 is 0 Å². The summed E-state index contributed by atoms with van der Waals surface area (Å²) in [7, 11) is 0. The van der Waals surface area contributed by atoms with Crippen LogP contribution < -0.4 is 5.73 Å². The molecule has 0 aliphatic heterocycles. The van der Waals surface area contributed by atoms with Crippen molar-refractivity contribution in [2.45, 2.75) is 37.6 Å². The lowest BCUT2D eigenvalue weighted by Crippen LogP contribution is -2.17. The Morgan fingerprint density at radius 1 is 1.09 bits per heavy atom. The molecule has 1 saturated carbocycles. The molecule has 1 aliphatic rings. The molecule has 2 heterocycles. The highest BCUT2D eigenvalue weighted by Gasteiger charge is 2.44. The quantitative estimate of drug-likeness (QED) is 0.710. The van der Waals surface area contributed by atoms with Crippen molar-refractivity contribution < 1.29 is 0 Å². The molecule has 1 aromatic carbocycles. The summed E-state index contributed by atoms with van der Waals surface area (Å²) in [6.45, 7) is 0.771. The lowest BCUT2D eigenvalue weighted by molar-refractivity contribution is 0.387. The lowest BCUT2D eigenvalue weighted by atomic mass is 10.1.